The van der Waals surface area contributed by atoms with Crippen LogP contribution in [0.4, 0.5) is 5.69 Å². The molecule has 0 bridgehead atoms. The molecule has 4 nitrogen and oxygen atoms in total. The lowest BCUT2D eigenvalue weighted by Crippen LogP contribution is -2.26. The Balaban J connectivity index is 1.87. The van der Waals surface area contributed by atoms with E-state index in [4.69, 9.17) is 5.11 Å². The summed E-state index contributed by atoms with van der Waals surface area (Å²) in [5, 5.41) is 14.9. The lowest BCUT2D eigenvalue weighted by Gasteiger charge is -2.22. The highest BCUT2D eigenvalue weighted by Crippen LogP contribution is 2.21. The summed E-state index contributed by atoms with van der Waals surface area (Å²) < 4.78 is 0. The molecule has 3 N–H and O–H groups in total. The summed E-state index contributed by atoms with van der Waals surface area (Å²) in [5.74, 6) is -0.137. The highest BCUT2D eigenvalue weighted by Gasteiger charge is 2.11. The number of carbonyl (C=O) groups is 1. The van der Waals surface area contributed by atoms with Crippen molar-refractivity contribution in [2.24, 2.45) is 0 Å². The zero-order valence-corrected chi connectivity index (χ0v) is 12.6. The Morgan fingerprint density at radius 1 is 1.05 bits per heavy atom. The van der Waals surface area contributed by atoms with Gasteiger partial charge in [-0.25, -0.2) is 0 Å². The van der Waals surface area contributed by atoms with Crippen molar-refractivity contribution in [3.05, 3.63) is 29.8 Å². The summed E-state index contributed by atoms with van der Waals surface area (Å²) in [7, 11) is 0. The number of aliphatic hydroxyl groups is 1. The minimum absolute atomic E-state index is 0.0347. The molecule has 0 unspecified atom stereocenters. The predicted molar refractivity (Wildman–Crippen MR) is 85.6 cm³/mol. The maximum Gasteiger partial charge on any atom is 0.251 e. The van der Waals surface area contributed by atoms with Crippen molar-refractivity contribution < 1.29 is 9.90 Å². The van der Waals surface area contributed by atoms with E-state index >= 15 is 0 Å². The van der Waals surface area contributed by atoms with Gasteiger partial charge >= 0.3 is 0 Å². The van der Waals surface area contributed by atoms with Gasteiger partial charge in [0.25, 0.3) is 5.91 Å². The Labute approximate surface area is 126 Å². The minimum Gasteiger partial charge on any atom is -0.395 e. The molecule has 0 spiro atoms. The first kappa shape index (κ1) is 15.8. The lowest BCUT2D eigenvalue weighted by atomic mass is 9.96. The van der Waals surface area contributed by atoms with E-state index in [0.717, 1.165) is 5.69 Å². The molecular formula is C17H26N2O2. The molecule has 0 atom stereocenters. The average Bonchev–Trinajstić information content (AvgIpc) is 2.48. The van der Waals surface area contributed by atoms with Crippen LogP contribution in [0.25, 0.3) is 0 Å². The quantitative estimate of drug-likeness (QED) is 0.781. The van der Waals surface area contributed by atoms with Crippen LogP contribution in [0.5, 0.6) is 0 Å². The Hall–Kier alpha value is -1.55. The van der Waals surface area contributed by atoms with Gasteiger partial charge in [-0.15, -0.1) is 0 Å². The van der Waals surface area contributed by atoms with Crippen LogP contribution < -0.4 is 10.6 Å². The van der Waals surface area contributed by atoms with Gasteiger partial charge in [-0.05, 0) is 37.1 Å². The van der Waals surface area contributed by atoms with Gasteiger partial charge in [-0.2, -0.15) is 0 Å². The van der Waals surface area contributed by atoms with Gasteiger partial charge in [0, 0.05) is 23.8 Å². The maximum atomic E-state index is 11.7. The summed E-state index contributed by atoms with van der Waals surface area (Å²) in [6.07, 6.45) is 9.16. The average molecular weight is 290 g/mol. The second kappa shape index (κ2) is 8.67. The Morgan fingerprint density at radius 3 is 2.29 bits per heavy atom. The third-order valence-corrected chi connectivity index (χ3v) is 4.02. The van der Waals surface area contributed by atoms with E-state index in [2.05, 4.69) is 10.6 Å². The van der Waals surface area contributed by atoms with Crippen LogP contribution >= 0.6 is 0 Å². The lowest BCUT2D eigenvalue weighted by molar-refractivity contribution is 0.0945. The number of hydrogen-bond donors (Lipinski definition) is 3. The molecule has 1 fully saturated rings. The van der Waals surface area contributed by atoms with Crippen molar-refractivity contribution in [1.82, 2.24) is 5.32 Å². The predicted octanol–water partition coefficient (Wildman–Crippen LogP) is 2.93. The van der Waals surface area contributed by atoms with Crippen LogP contribution in [0.3, 0.4) is 0 Å². The third kappa shape index (κ3) is 5.38. The van der Waals surface area contributed by atoms with Gasteiger partial charge in [-0.3, -0.25) is 4.79 Å². The number of hydrogen-bond acceptors (Lipinski definition) is 3. The molecule has 1 saturated carbocycles. The molecule has 0 saturated heterocycles. The van der Waals surface area contributed by atoms with Crippen molar-refractivity contribution in [2.75, 3.05) is 18.5 Å². The van der Waals surface area contributed by atoms with E-state index in [-0.39, 0.29) is 12.5 Å². The SMILES string of the molecule is O=C(NCCO)c1ccc(NC2CCCCCCC2)cc1. The number of nitrogens with one attached hydrogen (secondary N) is 2. The largest absolute Gasteiger partial charge is 0.395 e. The van der Waals surface area contributed by atoms with E-state index in [0.29, 0.717) is 18.2 Å². The number of rotatable bonds is 5. The van der Waals surface area contributed by atoms with E-state index in [9.17, 15) is 4.79 Å². The number of amides is 1. The molecule has 1 aliphatic rings. The molecule has 0 radical (unpaired) electrons. The maximum absolute atomic E-state index is 11.7. The molecule has 1 aromatic rings. The van der Waals surface area contributed by atoms with E-state index in [1.165, 1.54) is 44.9 Å². The fraction of sp³-hybridized carbons (Fsp3) is 0.588. The number of benzene rings is 1. The Kier molecular flexibility index (Phi) is 6.54. The first-order valence-electron chi connectivity index (χ1n) is 8.05. The van der Waals surface area contributed by atoms with Crippen molar-refractivity contribution in [1.29, 1.82) is 0 Å². The second-order valence-corrected chi connectivity index (χ2v) is 5.74. The first-order chi connectivity index (χ1) is 10.3. The molecule has 1 amide bonds. The molecule has 116 valence electrons. The minimum atomic E-state index is -0.137. The van der Waals surface area contributed by atoms with Gasteiger partial charge in [0.15, 0.2) is 0 Å². The van der Waals surface area contributed by atoms with Crippen LogP contribution in [0.15, 0.2) is 24.3 Å². The standard InChI is InChI=1S/C17H26N2O2/c20-13-12-18-17(21)14-8-10-16(11-9-14)19-15-6-4-2-1-3-5-7-15/h8-11,15,19-20H,1-7,12-13H2,(H,18,21). The summed E-state index contributed by atoms with van der Waals surface area (Å²) in [4.78, 5) is 11.7. The number of aliphatic hydroxyl groups excluding tert-OH is 1. The van der Waals surface area contributed by atoms with Crippen LogP contribution in [0, 0.1) is 0 Å². The zero-order valence-electron chi connectivity index (χ0n) is 12.6. The fourth-order valence-corrected chi connectivity index (χ4v) is 2.83. The highest BCUT2D eigenvalue weighted by atomic mass is 16.3. The summed E-state index contributed by atoms with van der Waals surface area (Å²) in [6, 6.07) is 8.15. The molecule has 4 heteroatoms. The van der Waals surface area contributed by atoms with Crippen LogP contribution in [-0.2, 0) is 0 Å². The summed E-state index contributed by atoms with van der Waals surface area (Å²) in [5.41, 5.74) is 1.71. The van der Waals surface area contributed by atoms with Crippen molar-refractivity contribution >= 4 is 11.6 Å². The topological polar surface area (TPSA) is 61.4 Å². The zero-order chi connectivity index (χ0) is 14.9. The van der Waals surface area contributed by atoms with Gasteiger partial charge < -0.3 is 15.7 Å². The number of carbonyl (C=O) groups excluding carboxylic acids is 1. The summed E-state index contributed by atoms with van der Waals surface area (Å²) >= 11 is 0. The molecule has 0 heterocycles. The Bertz CT molecular complexity index is 423. The van der Waals surface area contributed by atoms with Gasteiger partial charge in [0.2, 0.25) is 0 Å². The van der Waals surface area contributed by atoms with Gasteiger partial charge in [0.1, 0.15) is 0 Å². The molecule has 0 aliphatic heterocycles. The monoisotopic (exact) mass is 290 g/mol. The molecule has 1 aliphatic carbocycles. The molecule has 1 aromatic carbocycles. The fourth-order valence-electron chi connectivity index (χ4n) is 2.83. The van der Waals surface area contributed by atoms with Gasteiger partial charge in [0.05, 0.1) is 6.61 Å². The van der Waals surface area contributed by atoms with Crippen LogP contribution in [0.1, 0.15) is 55.3 Å². The van der Waals surface area contributed by atoms with Crippen LogP contribution in [-0.4, -0.2) is 30.2 Å². The van der Waals surface area contributed by atoms with Crippen LogP contribution in [0.2, 0.25) is 0 Å². The molecule has 21 heavy (non-hydrogen) atoms. The van der Waals surface area contributed by atoms with E-state index in [1.54, 1.807) is 0 Å². The van der Waals surface area contributed by atoms with Crippen molar-refractivity contribution in [2.45, 2.75) is 51.0 Å². The molecular weight excluding hydrogens is 264 g/mol. The highest BCUT2D eigenvalue weighted by molar-refractivity contribution is 5.94. The first-order valence-corrected chi connectivity index (χ1v) is 8.05. The van der Waals surface area contributed by atoms with E-state index in [1.807, 2.05) is 24.3 Å². The van der Waals surface area contributed by atoms with Crippen molar-refractivity contribution in [3.8, 4) is 0 Å². The summed E-state index contributed by atoms with van der Waals surface area (Å²) in [6.45, 7) is 0.258. The van der Waals surface area contributed by atoms with Crippen molar-refractivity contribution in [3.63, 3.8) is 0 Å². The van der Waals surface area contributed by atoms with E-state index < -0.39 is 0 Å². The third-order valence-electron chi connectivity index (χ3n) is 4.02. The smallest absolute Gasteiger partial charge is 0.251 e. The number of anilines is 1. The second-order valence-electron chi connectivity index (χ2n) is 5.74. The normalized spacial score (nSPS) is 16.8. The molecule has 0 aromatic heterocycles. The van der Waals surface area contributed by atoms with Gasteiger partial charge in [-0.1, -0.05) is 32.1 Å². The Morgan fingerprint density at radius 2 is 1.67 bits per heavy atom. The molecule has 2 rings (SSSR count).